The van der Waals surface area contributed by atoms with E-state index in [1.165, 1.54) is 50.0 Å². The van der Waals surface area contributed by atoms with Crippen molar-refractivity contribution in [2.24, 2.45) is 0 Å². The van der Waals surface area contributed by atoms with Crippen LogP contribution in [0.3, 0.4) is 0 Å². The number of nitrogens with zero attached hydrogens (tertiary/aromatic N) is 2. The molecule has 2 fully saturated rings. The Hall–Kier alpha value is -1.06. The molecule has 3 aliphatic heterocycles. The minimum absolute atomic E-state index is 0.733. The van der Waals surface area contributed by atoms with Gasteiger partial charge >= 0.3 is 0 Å². The number of hydrogen-bond donors (Lipinski definition) is 1. The van der Waals surface area contributed by atoms with Gasteiger partial charge in [0.15, 0.2) is 0 Å². The summed E-state index contributed by atoms with van der Waals surface area (Å²) in [6.45, 7) is 5.92. The van der Waals surface area contributed by atoms with E-state index in [1.807, 2.05) is 0 Å². The van der Waals surface area contributed by atoms with Crippen LogP contribution in [-0.2, 0) is 6.54 Å². The highest BCUT2D eigenvalue weighted by atomic mass is 15.3. The SMILES string of the molecule is c1ccc2c(c1)CNCCN2C1CCN2CCCCC12. The molecule has 0 amide bonds. The van der Waals surface area contributed by atoms with Crippen molar-refractivity contribution in [1.82, 2.24) is 10.2 Å². The van der Waals surface area contributed by atoms with Crippen LogP contribution in [-0.4, -0.2) is 43.2 Å². The Morgan fingerprint density at radius 3 is 2.90 bits per heavy atom. The maximum Gasteiger partial charge on any atom is 0.0458 e. The highest BCUT2D eigenvalue weighted by molar-refractivity contribution is 5.55. The van der Waals surface area contributed by atoms with Crippen molar-refractivity contribution >= 4 is 5.69 Å². The van der Waals surface area contributed by atoms with Gasteiger partial charge in [0.1, 0.15) is 0 Å². The Labute approximate surface area is 121 Å². The van der Waals surface area contributed by atoms with Gasteiger partial charge in [-0.25, -0.2) is 0 Å². The smallest absolute Gasteiger partial charge is 0.0458 e. The lowest BCUT2D eigenvalue weighted by Crippen LogP contribution is -2.48. The summed E-state index contributed by atoms with van der Waals surface area (Å²) in [6, 6.07) is 10.5. The first-order valence-corrected chi connectivity index (χ1v) is 8.23. The second-order valence-corrected chi connectivity index (χ2v) is 6.45. The van der Waals surface area contributed by atoms with Crippen LogP contribution in [0.1, 0.15) is 31.2 Å². The lowest BCUT2D eigenvalue weighted by molar-refractivity contribution is 0.187. The van der Waals surface area contributed by atoms with Crippen LogP contribution >= 0.6 is 0 Å². The first-order valence-electron chi connectivity index (χ1n) is 8.23. The molecule has 3 heteroatoms. The average Bonchev–Trinajstić information content (AvgIpc) is 2.81. The average molecular weight is 271 g/mol. The Kier molecular flexibility index (Phi) is 3.41. The Morgan fingerprint density at radius 1 is 0.950 bits per heavy atom. The van der Waals surface area contributed by atoms with E-state index in [0.29, 0.717) is 0 Å². The molecular weight excluding hydrogens is 246 g/mol. The molecule has 0 bridgehead atoms. The number of rotatable bonds is 1. The fraction of sp³-hybridized carbons (Fsp3) is 0.647. The van der Waals surface area contributed by atoms with Crippen LogP contribution in [0.2, 0.25) is 0 Å². The van der Waals surface area contributed by atoms with Crippen molar-refractivity contribution in [2.45, 2.75) is 44.3 Å². The zero-order chi connectivity index (χ0) is 13.4. The molecule has 3 heterocycles. The predicted molar refractivity (Wildman–Crippen MR) is 83.1 cm³/mol. The summed E-state index contributed by atoms with van der Waals surface area (Å²) < 4.78 is 0. The third kappa shape index (κ3) is 2.13. The normalized spacial score (nSPS) is 30.7. The third-order valence-corrected chi connectivity index (χ3v) is 5.37. The van der Waals surface area contributed by atoms with Crippen molar-refractivity contribution in [3.05, 3.63) is 29.8 Å². The summed E-state index contributed by atoms with van der Waals surface area (Å²) in [7, 11) is 0. The van der Waals surface area contributed by atoms with Crippen molar-refractivity contribution < 1.29 is 0 Å². The number of nitrogens with one attached hydrogen (secondary N) is 1. The Balaban J connectivity index is 1.64. The van der Waals surface area contributed by atoms with E-state index in [1.54, 1.807) is 0 Å². The van der Waals surface area contributed by atoms with Gasteiger partial charge in [0.05, 0.1) is 0 Å². The summed E-state index contributed by atoms with van der Waals surface area (Å²) in [6.07, 6.45) is 5.57. The summed E-state index contributed by atoms with van der Waals surface area (Å²) in [5, 5.41) is 3.57. The number of hydrogen-bond acceptors (Lipinski definition) is 3. The van der Waals surface area contributed by atoms with Gasteiger partial charge in [0.2, 0.25) is 0 Å². The van der Waals surface area contributed by atoms with Crippen LogP contribution in [0.4, 0.5) is 5.69 Å². The van der Waals surface area contributed by atoms with Crippen molar-refractivity contribution in [3.63, 3.8) is 0 Å². The number of fused-ring (bicyclic) bond motifs is 2. The summed E-state index contributed by atoms with van der Waals surface area (Å²) in [4.78, 5) is 5.46. The van der Waals surface area contributed by atoms with E-state index in [2.05, 4.69) is 39.4 Å². The lowest BCUT2D eigenvalue weighted by Gasteiger charge is -2.39. The molecule has 3 aliphatic rings. The topological polar surface area (TPSA) is 18.5 Å². The van der Waals surface area contributed by atoms with Crippen molar-refractivity contribution in [1.29, 1.82) is 0 Å². The van der Waals surface area contributed by atoms with Gasteiger partial charge < -0.3 is 10.2 Å². The van der Waals surface area contributed by atoms with Crippen molar-refractivity contribution in [3.8, 4) is 0 Å². The van der Waals surface area contributed by atoms with Gasteiger partial charge in [-0.2, -0.15) is 0 Å². The van der Waals surface area contributed by atoms with Crippen LogP contribution in [0.5, 0.6) is 0 Å². The maximum absolute atomic E-state index is 3.57. The molecule has 0 saturated carbocycles. The molecular formula is C17H25N3. The Bertz CT molecular complexity index is 473. The number of anilines is 1. The molecule has 0 spiro atoms. The molecule has 108 valence electrons. The molecule has 0 aliphatic carbocycles. The lowest BCUT2D eigenvalue weighted by atomic mass is 9.97. The molecule has 2 atom stereocenters. The Morgan fingerprint density at radius 2 is 1.90 bits per heavy atom. The first-order chi connectivity index (χ1) is 9.93. The quantitative estimate of drug-likeness (QED) is 0.845. The van der Waals surface area contributed by atoms with Gasteiger partial charge in [-0.1, -0.05) is 24.6 Å². The summed E-state index contributed by atoms with van der Waals surface area (Å²) in [5.41, 5.74) is 2.95. The number of piperidine rings is 1. The molecule has 0 radical (unpaired) electrons. The van der Waals surface area contributed by atoms with E-state index in [-0.39, 0.29) is 0 Å². The second-order valence-electron chi connectivity index (χ2n) is 6.45. The molecule has 1 aromatic carbocycles. The third-order valence-electron chi connectivity index (χ3n) is 5.37. The van der Waals surface area contributed by atoms with Gasteiger partial charge in [0, 0.05) is 44.0 Å². The zero-order valence-corrected chi connectivity index (χ0v) is 12.2. The molecule has 4 rings (SSSR count). The standard InChI is InChI=1S/C17H25N3/c1-2-6-15-14(5-1)13-18-9-12-20(15)17-8-11-19-10-4-3-7-16(17)19/h1-2,5-6,16-18H,3-4,7-13H2. The molecule has 2 unspecified atom stereocenters. The van der Waals surface area contributed by atoms with Gasteiger partial charge in [-0.05, 0) is 37.4 Å². The highest BCUT2D eigenvalue weighted by Gasteiger charge is 2.39. The summed E-state index contributed by atoms with van der Waals surface area (Å²) >= 11 is 0. The monoisotopic (exact) mass is 271 g/mol. The minimum Gasteiger partial charge on any atom is -0.365 e. The molecule has 3 nitrogen and oxygen atoms in total. The minimum atomic E-state index is 0.733. The van der Waals surface area contributed by atoms with E-state index < -0.39 is 0 Å². The van der Waals surface area contributed by atoms with E-state index in [9.17, 15) is 0 Å². The molecule has 0 aromatic heterocycles. The maximum atomic E-state index is 3.57. The van der Waals surface area contributed by atoms with Gasteiger partial charge in [-0.3, -0.25) is 4.90 Å². The zero-order valence-electron chi connectivity index (χ0n) is 12.2. The largest absolute Gasteiger partial charge is 0.365 e. The van der Waals surface area contributed by atoms with E-state index >= 15 is 0 Å². The van der Waals surface area contributed by atoms with Crippen molar-refractivity contribution in [2.75, 3.05) is 31.1 Å². The molecule has 2 saturated heterocycles. The fourth-order valence-corrected chi connectivity index (χ4v) is 4.41. The van der Waals surface area contributed by atoms with Crippen LogP contribution < -0.4 is 10.2 Å². The van der Waals surface area contributed by atoms with E-state index in [4.69, 9.17) is 0 Å². The molecule has 20 heavy (non-hydrogen) atoms. The number of para-hydroxylation sites is 1. The van der Waals surface area contributed by atoms with Crippen LogP contribution in [0.25, 0.3) is 0 Å². The highest BCUT2D eigenvalue weighted by Crippen LogP contribution is 2.34. The fourth-order valence-electron chi connectivity index (χ4n) is 4.41. The van der Waals surface area contributed by atoms with Crippen LogP contribution in [0, 0.1) is 0 Å². The molecule has 1 aromatic rings. The van der Waals surface area contributed by atoms with Gasteiger partial charge in [0.25, 0.3) is 0 Å². The van der Waals surface area contributed by atoms with Crippen LogP contribution in [0.15, 0.2) is 24.3 Å². The summed E-state index contributed by atoms with van der Waals surface area (Å²) in [5.74, 6) is 0. The second kappa shape index (κ2) is 5.38. The number of benzene rings is 1. The van der Waals surface area contributed by atoms with E-state index in [0.717, 1.165) is 31.7 Å². The first kappa shape index (κ1) is 12.7. The van der Waals surface area contributed by atoms with Gasteiger partial charge in [-0.15, -0.1) is 0 Å². The molecule has 1 N–H and O–H groups in total. The predicted octanol–water partition coefficient (Wildman–Crippen LogP) is 2.22.